The summed E-state index contributed by atoms with van der Waals surface area (Å²) in [5.74, 6) is 0.722. The van der Waals surface area contributed by atoms with Crippen molar-refractivity contribution in [2.24, 2.45) is 0 Å². The van der Waals surface area contributed by atoms with Crippen LogP contribution in [0.2, 0.25) is 10.3 Å². The lowest BCUT2D eigenvalue weighted by atomic mass is 10.4. The van der Waals surface area contributed by atoms with Crippen molar-refractivity contribution < 1.29 is 4.74 Å². The molecule has 0 aliphatic carbocycles. The van der Waals surface area contributed by atoms with E-state index in [0.29, 0.717) is 21.9 Å². The van der Waals surface area contributed by atoms with Crippen LogP contribution in [0.15, 0.2) is 24.8 Å². The summed E-state index contributed by atoms with van der Waals surface area (Å²) in [5, 5.41) is 0.521. The monoisotopic (exact) mass is 281 g/mol. The van der Waals surface area contributed by atoms with E-state index in [1.165, 1.54) is 18.7 Å². The van der Waals surface area contributed by atoms with Crippen molar-refractivity contribution in [3.05, 3.63) is 35.1 Å². The number of fused-ring (bicyclic) bond motifs is 1. The SMILES string of the molecule is Clc1cncc(Oc2nc(Cl)nc3nc[nH]c23)c1. The number of ether oxygens (including phenoxy) is 1. The maximum Gasteiger partial charge on any atom is 0.250 e. The Morgan fingerprint density at radius 3 is 2.89 bits per heavy atom. The molecule has 0 amide bonds. The highest BCUT2D eigenvalue weighted by atomic mass is 35.5. The number of hydrogen-bond acceptors (Lipinski definition) is 5. The molecule has 0 radical (unpaired) electrons. The Kier molecular flexibility index (Phi) is 2.73. The quantitative estimate of drug-likeness (QED) is 0.731. The molecule has 0 aromatic carbocycles. The lowest BCUT2D eigenvalue weighted by Crippen LogP contribution is -1.93. The van der Waals surface area contributed by atoms with Crippen molar-refractivity contribution in [3.63, 3.8) is 0 Å². The zero-order chi connectivity index (χ0) is 12.5. The van der Waals surface area contributed by atoms with Gasteiger partial charge in [-0.15, -0.1) is 0 Å². The Hall–Kier alpha value is -1.92. The lowest BCUT2D eigenvalue weighted by Gasteiger charge is -2.05. The first-order valence-corrected chi connectivity index (χ1v) is 5.63. The lowest BCUT2D eigenvalue weighted by molar-refractivity contribution is 0.465. The molecule has 0 bridgehead atoms. The number of hydrogen-bond donors (Lipinski definition) is 1. The summed E-state index contributed by atoms with van der Waals surface area (Å²) in [4.78, 5) is 18.7. The van der Waals surface area contributed by atoms with Crippen LogP contribution >= 0.6 is 23.2 Å². The number of halogens is 2. The number of nitrogens with one attached hydrogen (secondary N) is 1. The highest BCUT2D eigenvalue weighted by Crippen LogP contribution is 2.27. The fourth-order valence-corrected chi connectivity index (χ4v) is 1.74. The number of pyridine rings is 1. The Morgan fingerprint density at radius 1 is 1.17 bits per heavy atom. The molecule has 3 aromatic rings. The van der Waals surface area contributed by atoms with Crippen LogP contribution in [0.25, 0.3) is 11.2 Å². The molecule has 8 heteroatoms. The summed E-state index contributed by atoms with van der Waals surface area (Å²) < 4.78 is 5.56. The smallest absolute Gasteiger partial charge is 0.250 e. The van der Waals surface area contributed by atoms with Crippen LogP contribution in [0.3, 0.4) is 0 Å². The maximum absolute atomic E-state index is 5.82. The van der Waals surface area contributed by atoms with Crippen molar-refractivity contribution >= 4 is 34.4 Å². The molecule has 0 atom stereocenters. The van der Waals surface area contributed by atoms with Gasteiger partial charge in [-0.05, 0) is 11.6 Å². The summed E-state index contributed by atoms with van der Waals surface area (Å²) in [6, 6.07) is 1.62. The average Bonchev–Trinajstić information content (AvgIpc) is 2.77. The van der Waals surface area contributed by atoms with Crippen LogP contribution in [-0.4, -0.2) is 24.9 Å². The first kappa shape index (κ1) is 11.2. The second kappa shape index (κ2) is 4.40. The molecule has 3 rings (SSSR count). The minimum atomic E-state index is 0.0552. The topological polar surface area (TPSA) is 76.6 Å². The van der Waals surface area contributed by atoms with Gasteiger partial charge in [-0.1, -0.05) is 11.6 Å². The molecule has 3 aromatic heterocycles. The molecule has 3 heterocycles. The molecule has 0 spiro atoms. The van der Waals surface area contributed by atoms with E-state index >= 15 is 0 Å². The third-order valence-electron chi connectivity index (χ3n) is 2.12. The van der Waals surface area contributed by atoms with E-state index in [1.807, 2.05) is 0 Å². The molecule has 0 fully saturated rings. The number of nitrogens with zero attached hydrogens (tertiary/aromatic N) is 4. The molecule has 6 nitrogen and oxygen atoms in total. The van der Waals surface area contributed by atoms with Crippen molar-refractivity contribution in [3.8, 4) is 11.6 Å². The van der Waals surface area contributed by atoms with Gasteiger partial charge in [0.25, 0.3) is 0 Å². The van der Waals surface area contributed by atoms with Crippen molar-refractivity contribution in [2.45, 2.75) is 0 Å². The van der Waals surface area contributed by atoms with Gasteiger partial charge in [0.2, 0.25) is 11.2 Å². The van der Waals surface area contributed by atoms with Gasteiger partial charge in [-0.3, -0.25) is 4.98 Å². The summed E-state index contributed by atoms with van der Waals surface area (Å²) in [6.07, 6.45) is 4.51. The highest BCUT2D eigenvalue weighted by Gasteiger charge is 2.11. The predicted molar refractivity (Wildman–Crippen MR) is 66.0 cm³/mol. The summed E-state index contributed by atoms with van der Waals surface area (Å²) in [5.41, 5.74) is 0.986. The van der Waals surface area contributed by atoms with Crippen molar-refractivity contribution in [2.75, 3.05) is 0 Å². The molecule has 90 valence electrons. The zero-order valence-electron chi connectivity index (χ0n) is 8.76. The number of aromatic amines is 1. The van der Waals surface area contributed by atoms with Gasteiger partial charge in [-0.2, -0.15) is 9.97 Å². The van der Waals surface area contributed by atoms with Crippen LogP contribution < -0.4 is 4.74 Å². The molecule has 1 N–H and O–H groups in total. The van der Waals surface area contributed by atoms with Crippen molar-refractivity contribution in [1.29, 1.82) is 0 Å². The number of imidazole rings is 1. The van der Waals surface area contributed by atoms with Crippen molar-refractivity contribution in [1.82, 2.24) is 24.9 Å². The molecule has 0 unspecified atom stereocenters. The fourth-order valence-electron chi connectivity index (χ4n) is 1.41. The van der Waals surface area contributed by atoms with E-state index in [-0.39, 0.29) is 11.2 Å². The standard InChI is InChI=1S/C10H5Cl2N5O/c11-5-1-6(3-13-2-5)18-9-7-8(15-4-14-7)16-10(12)17-9/h1-4H,(H,14,15,16,17). The summed E-state index contributed by atoms with van der Waals surface area (Å²) >= 11 is 11.6. The minimum Gasteiger partial charge on any atom is -0.435 e. The molecular formula is C10H5Cl2N5O. The second-order valence-electron chi connectivity index (χ2n) is 3.34. The molecule has 0 saturated heterocycles. The summed E-state index contributed by atoms with van der Waals surface area (Å²) in [7, 11) is 0. The van der Waals surface area contributed by atoms with Crippen LogP contribution in [0.1, 0.15) is 0 Å². The van der Waals surface area contributed by atoms with Gasteiger partial charge in [0.1, 0.15) is 11.3 Å². The molecule has 0 aliphatic rings. The highest BCUT2D eigenvalue weighted by molar-refractivity contribution is 6.30. The second-order valence-corrected chi connectivity index (χ2v) is 4.11. The number of rotatable bonds is 2. The molecular weight excluding hydrogens is 277 g/mol. The van der Waals surface area contributed by atoms with E-state index in [9.17, 15) is 0 Å². The Balaban J connectivity index is 2.06. The zero-order valence-corrected chi connectivity index (χ0v) is 10.3. The third kappa shape index (κ3) is 2.07. The van der Waals surface area contributed by atoms with Gasteiger partial charge < -0.3 is 9.72 Å². The van der Waals surface area contributed by atoms with Gasteiger partial charge in [-0.25, -0.2) is 4.98 Å². The minimum absolute atomic E-state index is 0.0552. The van der Waals surface area contributed by atoms with Crippen LogP contribution in [0, 0.1) is 0 Å². The van der Waals surface area contributed by atoms with Gasteiger partial charge in [0.15, 0.2) is 5.65 Å². The van der Waals surface area contributed by atoms with Gasteiger partial charge in [0, 0.05) is 12.3 Å². The normalized spacial score (nSPS) is 10.8. The predicted octanol–water partition coefficient (Wildman–Crippen LogP) is 2.85. The fraction of sp³-hybridized carbons (Fsp3) is 0. The van der Waals surface area contributed by atoms with E-state index in [2.05, 4.69) is 24.9 Å². The van der Waals surface area contributed by atoms with E-state index in [4.69, 9.17) is 27.9 Å². The number of aromatic nitrogens is 5. The molecule has 0 aliphatic heterocycles. The average molecular weight is 282 g/mol. The van der Waals surface area contributed by atoms with Crippen LogP contribution in [-0.2, 0) is 0 Å². The van der Waals surface area contributed by atoms with E-state index < -0.39 is 0 Å². The van der Waals surface area contributed by atoms with Crippen LogP contribution in [0.4, 0.5) is 0 Å². The maximum atomic E-state index is 5.82. The van der Waals surface area contributed by atoms with Gasteiger partial charge in [0.05, 0.1) is 17.5 Å². The van der Waals surface area contributed by atoms with Crippen LogP contribution in [0.5, 0.6) is 11.6 Å². The van der Waals surface area contributed by atoms with E-state index in [0.717, 1.165) is 0 Å². The molecule has 0 saturated carbocycles. The Labute approximate surface area is 111 Å². The number of H-pyrrole nitrogens is 1. The Bertz CT molecular complexity index is 714. The van der Waals surface area contributed by atoms with E-state index in [1.54, 1.807) is 6.07 Å². The summed E-state index contributed by atoms with van der Waals surface area (Å²) in [6.45, 7) is 0. The Morgan fingerprint density at radius 2 is 2.06 bits per heavy atom. The largest absolute Gasteiger partial charge is 0.435 e. The van der Waals surface area contributed by atoms with Gasteiger partial charge >= 0.3 is 0 Å². The third-order valence-corrected chi connectivity index (χ3v) is 2.50. The first-order valence-electron chi connectivity index (χ1n) is 4.87. The molecule has 18 heavy (non-hydrogen) atoms. The first-order chi connectivity index (χ1) is 8.72.